The molecule has 1 heterocycles. The fraction of sp³-hybridized carbons (Fsp3) is 0.385. The van der Waals surface area contributed by atoms with Crippen LogP contribution in [0.3, 0.4) is 0 Å². The van der Waals surface area contributed by atoms with Crippen molar-refractivity contribution in [2.24, 2.45) is 0 Å². The van der Waals surface area contributed by atoms with Crippen LogP contribution in [-0.2, 0) is 11.4 Å². The van der Waals surface area contributed by atoms with Gasteiger partial charge in [0.05, 0.1) is 10.9 Å². The summed E-state index contributed by atoms with van der Waals surface area (Å²) >= 11 is 12.0. The Morgan fingerprint density at radius 2 is 1.95 bits per heavy atom. The molecule has 1 aromatic heterocycles. The molecule has 0 N–H and O–H groups in total. The number of benzene rings is 1. The van der Waals surface area contributed by atoms with Crippen LogP contribution in [-0.4, -0.2) is 14.8 Å². The first-order valence-corrected chi connectivity index (χ1v) is 6.72. The van der Waals surface area contributed by atoms with Crippen molar-refractivity contribution in [3.63, 3.8) is 0 Å². The summed E-state index contributed by atoms with van der Waals surface area (Å²) in [4.78, 5) is 0. The second-order valence-electron chi connectivity index (χ2n) is 5.20. The van der Waals surface area contributed by atoms with Gasteiger partial charge in [-0.05, 0) is 39.0 Å². The average molecular weight is 302 g/mol. The minimum Gasteiger partial charge on any atom is -0.305 e. The maximum absolute atomic E-state index is 13.1. The second-order valence-corrected chi connectivity index (χ2v) is 5.88. The van der Waals surface area contributed by atoms with Crippen molar-refractivity contribution in [1.82, 2.24) is 14.8 Å². The van der Waals surface area contributed by atoms with Crippen molar-refractivity contribution in [3.05, 3.63) is 34.9 Å². The molecule has 0 aliphatic heterocycles. The van der Waals surface area contributed by atoms with E-state index in [0.717, 1.165) is 0 Å². The summed E-state index contributed by atoms with van der Waals surface area (Å²) in [6.45, 7) is 6.06. The summed E-state index contributed by atoms with van der Waals surface area (Å²) in [6.07, 6.45) is 0. The average Bonchev–Trinajstić information content (AvgIpc) is 2.72. The summed E-state index contributed by atoms with van der Waals surface area (Å²) in [5, 5.41) is 8.51. The lowest BCUT2D eigenvalue weighted by Crippen LogP contribution is -2.24. The number of alkyl halides is 1. The fourth-order valence-electron chi connectivity index (χ4n) is 1.95. The van der Waals surface area contributed by atoms with Crippen LogP contribution in [0.15, 0.2) is 18.2 Å². The second kappa shape index (κ2) is 5.10. The summed E-state index contributed by atoms with van der Waals surface area (Å²) in [5.74, 6) is 1.12. The van der Waals surface area contributed by atoms with Crippen LogP contribution < -0.4 is 0 Å². The van der Waals surface area contributed by atoms with E-state index in [-0.39, 0.29) is 17.2 Å². The van der Waals surface area contributed by atoms with E-state index in [4.69, 9.17) is 23.2 Å². The molecule has 0 fully saturated rings. The van der Waals surface area contributed by atoms with Crippen molar-refractivity contribution in [3.8, 4) is 11.4 Å². The van der Waals surface area contributed by atoms with Crippen LogP contribution in [0.2, 0.25) is 5.02 Å². The first-order chi connectivity index (χ1) is 8.84. The molecule has 0 atom stereocenters. The molecule has 6 heteroatoms. The Morgan fingerprint density at radius 3 is 2.47 bits per heavy atom. The topological polar surface area (TPSA) is 30.7 Å². The van der Waals surface area contributed by atoms with Gasteiger partial charge in [-0.2, -0.15) is 0 Å². The van der Waals surface area contributed by atoms with Gasteiger partial charge < -0.3 is 4.57 Å². The van der Waals surface area contributed by atoms with Crippen LogP contribution in [0.1, 0.15) is 26.6 Å². The van der Waals surface area contributed by atoms with E-state index in [1.165, 1.54) is 12.1 Å². The number of halogens is 3. The van der Waals surface area contributed by atoms with Gasteiger partial charge in [0, 0.05) is 11.1 Å². The number of hydrogen-bond acceptors (Lipinski definition) is 2. The molecule has 0 aliphatic carbocycles. The zero-order chi connectivity index (χ0) is 14.2. The molecule has 0 unspecified atom stereocenters. The minimum atomic E-state index is -0.381. The molecule has 0 amide bonds. The van der Waals surface area contributed by atoms with Crippen molar-refractivity contribution in [1.29, 1.82) is 0 Å². The van der Waals surface area contributed by atoms with Gasteiger partial charge in [0.2, 0.25) is 0 Å². The third-order valence-electron chi connectivity index (χ3n) is 2.69. The molecule has 0 aliphatic rings. The highest BCUT2D eigenvalue weighted by Crippen LogP contribution is 2.31. The van der Waals surface area contributed by atoms with Gasteiger partial charge in [-0.1, -0.05) is 11.6 Å². The predicted molar refractivity (Wildman–Crippen MR) is 75.0 cm³/mol. The molecule has 0 radical (unpaired) electrons. The van der Waals surface area contributed by atoms with Crippen LogP contribution in [0, 0.1) is 5.82 Å². The summed E-state index contributed by atoms with van der Waals surface area (Å²) in [5.41, 5.74) is 0.391. The standard InChI is InChI=1S/C13H14Cl2FN3/c1-13(2,3)19-11(7-14)17-18-12(19)9-5-4-8(16)6-10(9)15/h4-6H,7H2,1-3H3. The first-order valence-electron chi connectivity index (χ1n) is 5.80. The molecule has 2 aromatic rings. The number of nitrogens with zero attached hydrogens (tertiary/aromatic N) is 3. The molecule has 19 heavy (non-hydrogen) atoms. The Kier molecular flexibility index (Phi) is 3.83. The van der Waals surface area contributed by atoms with Crippen molar-refractivity contribution in [2.45, 2.75) is 32.2 Å². The summed E-state index contributed by atoms with van der Waals surface area (Å²) in [6, 6.07) is 4.21. The van der Waals surface area contributed by atoms with Gasteiger partial charge >= 0.3 is 0 Å². The molecule has 0 bridgehead atoms. The maximum Gasteiger partial charge on any atom is 0.166 e. The lowest BCUT2D eigenvalue weighted by atomic mass is 10.1. The smallest absolute Gasteiger partial charge is 0.166 e. The van der Waals surface area contributed by atoms with Crippen LogP contribution in [0.25, 0.3) is 11.4 Å². The molecule has 0 spiro atoms. The van der Waals surface area contributed by atoms with Crippen molar-refractivity contribution < 1.29 is 4.39 Å². The third-order valence-corrected chi connectivity index (χ3v) is 3.24. The lowest BCUT2D eigenvalue weighted by molar-refractivity contribution is 0.390. The first kappa shape index (κ1) is 14.3. The Bertz CT molecular complexity index is 602. The van der Waals surface area contributed by atoms with Crippen LogP contribution in [0.5, 0.6) is 0 Å². The molecule has 3 nitrogen and oxygen atoms in total. The van der Waals surface area contributed by atoms with Gasteiger partial charge in [0.15, 0.2) is 5.82 Å². The van der Waals surface area contributed by atoms with Gasteiger partial charge in [-0.15, -0.1) is 21.8 Å². The molecule has 102 valence electrons. The molecule has 1 aromatic carbocycles. The summed E-state index contributed by atoms with van der Waals surface area (Å²) in [7, 11) is 0. The van der Waals surface area contributed by atoms with Gasteiger partial charge in [-0.3, -0.25) is 0 Å². The zero-order valence-corrected chi connectivity index (χ0v) is 12.4. The van der Waals surface area contributed by atoms with Crippen molar-refractivity contribution >= 4 is 23.2 Å². The largest absolute Gasteiger partial charge is 0.305 e. The highest BCUT2D eigenvalue weighted by molar-refractivity contribution is 6.33. The Balaban J connectivity index is 2.66. The zero-order valence-electron chi connectivity index (χ0n) is 10.9. The van der Waals surface area contributed by atoms with E-state index in [0.29, 0.717) is 22.2 Å². The highest BCUT2D eigenvalue weighted by Gasteiger charge is 2.24. The van der Waals surface area contributed by atoms with Crippen molar-refractivity contribution in [2.75, 3.05) is 0 Å². The van der Waals surface area contributed by atoms with Gasteiger partial charge in [0.25, 0.3) is 0 Å². The normalized spacial score (nSPS) is 11.9. The molecular formula is C13H14Cl2FN3. The number of aromatic nitrogens is 3. The minimum absolute atomic E-state index is 0.249. The molecule has 0 saturated heterocycles. The summed E-state index contributed by atoms with van der Waals surface area (Å²) < 4.78 is 15.0. The fourth-order valence-corrected chi connectivity index (χ4v) is 2.38. The van der Waals surface area contributed by atoms with E-state index in [1.54, 1.807) is 6.07 Å². The van der Waals surface area contributed by atoms with E-state index < -0.39 is 0 Å². The van der Waals surface area contributed by atoms with E-state index >= 15 is 0 Å². The number of rotatable bonds is 2. The van der Waals surface area contributed by atoms with Crippen LogP contribution >= 0.6 is 23.2 Å². The molecular weight excluding hydrogens is 288 g/mol. The molecule has 0 saturated carbocycles. The Hall–Kier alpha value is -1.13. The Labute approximate surface area is 121 Å². The SMILES string of the molecule is CC(C)(C)n1c(CCl)nnc1-c1ccc(F)cc1Cl. The van der Waals surface area contributed by atoms with E-state index in [1.807, 2.05) is 25.3 Å². The highest BCUT2D eigenvalue weighted by atomic mass is 35.5. The Morgan fingerprint density at radius 1 is 1.26 bits per heavy atom. The number of hydrogen-bond donors (Lipinski definition) is 0. The quantitative estimate of drug-likeness (QED) is 0.777. The van der Waals surface area contributed by atoms with E-state index in [9.17, 15) is 4.39 Å². The predicted octanol–water partition coefficient (Wildman–Crippen LogP) is 4.23. The third kappa shape index (κ3) is 2.74. The van der Waals surface area contributed by atoms with Gasteiger partial charge in [0.1, 0.15) is 11.6 Å². The molecule has 2 rings (SSSR count). The lowest BCUT2D eigenvalue weighted by Gasteiger charge is -2.24. The van der Waals surface area contributed by atoms with E-state index in [2.05, 4.69) is 10.2 Å². The maximum atomic E-state index is 13.1. The monoisotopic (exact) mass is 301 g/mol. The van der Waals surface area contributed by atoms with Gasteiger partial charge in [-0.25, -0.2) is 4.39 Å². The van der Waals surface area contributed by atoms with Crippen LogP contribution in [0.4, 0.5) is 4.39 Å².